The minimum absolute atomic E-state index is 0.146. The lowest BCUT2D eigenvalue weighted by molar-refractivity contribution is 0.342. The standard InChI is InChI=1S/C14H24O2/c1-14(16)12-10-8-6-4-2-3-5-7-9-11-13-15/h2,4,9,11-12,15-16H,3,5-8,10,13H2,1H3. The van der Waals surface area contributed by atoms with Crippen molar-refractivity contribution in [2.75, 3.05) is 6.61 Å². The lowest BCUT2D eigenvalue weighted by Crippen LogP contribution is -1.75. The fraction of sp³-hybridized carbons (Fsp3) is 0.571. The first-order chi connectivity index (χ1) is 7.77. The fourth-order valence-corrected chi connectivity index (χ4v) is 1.33. The molecule has 0 aliphatic heterocycles. The summed E-state index contributed by atoms with van der Waals surface area (Å²) in [6, 6.07) is 0. The van der Waals surface area contributed by atoms with E-state index in [0.717, 1.165) is 38.5 Å². The van der Waals surface area contributed by atoms with Crippen LogP contribution in [0.5, 0.6) is 0 Å². The number of hydrogen-bond acceptors (Lipinski definition) is 2. The number of allylic oxidation sites excluding steroid dienone is 5. The van der Waals surface area contributed by atoms with Crippen LogP contribution in [0.25, 0.3) is 0 Å². The lowest BCUT2D eigenvalue weighted by atomic mass is 10.2. The van der Waals surface area contributed by atoms with Gasteiger partial charge in [-0.05, 0) is 51.5 Å². The van der Waals surface area contributed by atoms with Gasteiger partial charge in [0.2, 0.25) is 0 Å². The third-order valence-corrected chi connectivity index (χ3v) is 2.19. The second kappa shape index (κ2) is 12.1. The van der Waals surface area contributed by atoms with E-state index >= 15 is 0 Å². The van der Waals surface area contributed by atoms with Crippen LogP contribution in [-0.2, 0) is 0 Å². The van der Waals surface area contributed by atoms with Gasteiger partial charge in [0.05, 0.1) is 12.4 Å². The molecule has 0 saturated carbocycles. The van der Waals surface area contributed by atoms with Gasteiger partial charge in [-0.15, -0.1) is 0 Å². The first-order valence-electron chi connectivity index (χ1n) is 6.04. The summed E-state index contributed by atoms with van der Waals surface area (Å²) in [5, 5.41) is 17.4. The van der Waals surface area contributed by atoms with Gasteiger partial charge in [-0.2, -0.15) is 0 Å². The highest BCUT2D eigenvalue weighted by Crippen LogP contribution is 2.03. The van der Waals surface area contributed by atoms with Crippen LogP contribution >= 0.6 is 0 Å². The second-order valence-corrected chi connectivity index (χ2v) is 3.83. The Morgan fingerprint density at radius 1 is 0.875 bits per heavy atom. The lowest BCUT2D eigenvalue weighted by Gasteiger charge is -1.93. The Morgan fingerprint density at radius 3 is 1.88 bits per heavy atom. The van der Waals surface area contributed by atoms with E-state index in [-0.39, 0.29) is 6.61 Å². The Morgan fingerprint density at radius 2 is 1.38 bits per heavy atom. The molecule has 0 fully saturated rings. The molecule has 0 radical (unpaired) electrons. The summed E-state index contributed by atoms with van der Waals surface area (Å²) >= 11 is 0. The SMILES string of the molecule is CC(O)=CCCCC=CCCCC=CCO. The first kappa shape index (κ1) is 15.0. The molecule has 2 nitrogen and oxygen atoms in total. The predicted molar refractivity (Wildman–Crippen MR) is 69.5 cm³/mol. The minimum atomic E-state index is 0.146. The number of rotatable bonds is 9. The molecule has 16 heavy (non-hydrogen) atoms. The average Bonchev–Trinajstić information content (AvgIpc) is 2.25. The Kier molecular flexibility index (Phi) is 11.3. The molecule has 0 rings (SSSR count). The summed E-state index contributed by atoms with van der Waals surface area (Å²) in [4.78, 5) is 0. The summed E-state index contributed by atoms with van der Waals surface area (Å²) in [6.07, 6.45) is 16.5. The fourth-order valence-electron chi connectivity index (χ4n) is 1.33. The third-order valence-electron chi connectivity index (χ3n) is 2.19. The molecular formula is C14H24O2. The molecule has 0 aromatic rings. The maximum atomic E-state index is 8.91. The summed E-state index contributed by atoms with van der Waals surface area (Å²) in [5.74, 6) is 0.416. The molecule has 0 aromatic carbocycles. The van der Waals surface area contributed by atoms with Crippen LogP contribution in [0.4, 0.5) is 0 Å². The molecule has 2 N–H and O–H groups in total. The maximum absolute atomic E-state index is 8.91. The van der Waals surface area contributed by atoms with Crippen molar-refractivity contribution in [1.29, 1.82) is 0 Å². The van der Waals surface area contributed by atoms with Crippen molar-refractivity contribution in [1.82, 2.24) is 0 Å². The predicted octanol–water partition coefficient (Wildman–Crippen LogP) is 3.89. The van der Waals surface area contributed by atoms with Crippen LogP contribution in [0.3, 0.4) is 0 Å². The van der Waals surface area contributed by atoms with E-state index in [0.29, 0.717) is 5.76 Å². The highest BCUT2D eigenvalue weighted by molar-refractivity contribution is 4.88. The van der Waals surface area contributed by atoms with Gasteiger partial charge in [0, 0.05) is 0 Å². The summed E-state index contributed by atoms with van der Waals surface area (Å²) < 4.78 is 0. The Hall–Kier alpha value is -1.02. The number of unbranched alkanes of at least 4 members (excludes halogenated alkanes) is 4. The zero-order valence-corrected chi connectivity index (χ0v) is 10.2. The molecule has 0 spiro atoms. The van der Waals surface area contributed by atoms with Crippen LogP contribution in [0, 0.1) is 0 Å². The zero-order chi connectivity index (χ0) is 12.1. The topological polar surface area (TPSA) is 40.5 Å². The molecule has 0 aliphatic rings. The van der Waals surface area contributed by atoms with Crippen molar-refractivity contribution < 1.29 is 10.2 Å². The molecule has 92 valence electrons. The van der Waals surface area contributed by atoms with Crippen LogP contribution in [0.2, 0.25) is 0 Å². The number of aliphatic hydroxyl groups excluding tert-OH is 2. The number of hydrogen-bond donors (Lipinski definition) is 2. The van der Waals surface area contributed by atoms with Crippen LogP contribution < -0.4 is 0 Å². The normalized spacial score (nSPS) is 13.0. The van der Waals surface area contributed by atoms with Crippen LogP contribution in [0.1, 0.15) is 45.4 Å². The Bertz CT molecular complexity index is 223. The highest BCUT2D eigenvalue weighted by atomic mass is 16.3. The highest BCUT2D eigenvalue weighted by Gasteiger charge is 1.84. The number of aliphatic hydroxyl groups is 2. The van der Waals surface area contributed by atoms with Gasteiger partial charge in [0.15, 0.2) is 0 Å². The molecule has 0 atom stereocenters. The van der Waals surface area contributed by atoms with E-state index in [4.69, 9.17) is 10.2 Å². The van der Waals surface area contributed by atoms with E-state index in [9.17, 15) is 0 Å². The van der Waals surface area contributed by atoms with Crippen molar-refractivity contribution in [2.24, 2.45) is 0 Å². The van der Waals surface area contributed by atoms with Crippen LogP contribution in [0.15, 0.2) is 36.1 Å². The van der Waals surface area contributed by atoms with Crippen LogP contribution in [-0.4, -0.2) is 16.8 Å². The van der Waals surface area contributed by atoms with Gasteiger partial charge in [0.25, 0.3) is 0 Å². The van der Waals surface area contributed by atoms with Gasteiger partial charge in [-0.1, -0.05) is 24.3 Å². The molecular weight excluding hydrogens is 200 g/mol. The largest absolute Gasteiger partial charge is 0.513 e. The molecule has 2 heteroatoms. The van der Waals surface area contributed by atoms with E-state index in [1.807, 2.05) is 12.2 Å². The minimum Gasteiger partial charge on any atom is -0.513 e. The molecule has 0 unspecified atom stereocenters. The molecule has 0 aromatic heterocycles. The van der Waals surface area contributed by atoms with Gasteiger partial charge in [-0.25, -0.2) is 0 Å². The van der Waals surface area contributed by atoms with E-state index in [1.165, 1.54) is 0 Å². The van der Waals surface area contributed by atoms with Gasteiger partial charge < -0.3 is 10.2 Å². The van der Waals surface area contributed by atoms with E-state index in [1.54, 1.807) is 13.0 Å². The van der Waals surface area contributed by atoms with Crippen molar-refractivity contribution >= 4 is 0 Å². The van der Waals surface area contributed by atoms with Gasteiger partial charge >= 0.3 is 0 Å². The Balaban J connectivity index is 3.22. The Labute approximate surface area is 99.0 Å². The van der Waals surface area contributed by atoms with Crippen molar-refractivity contribution in [2.45, 2.75) is 45.4 Å². The summed E-state index contributed by atoms with van der Waals surface area (Å²) in [5.41, 5.74) is 0. The van der Waals surface area contributed by atoms with Crippen molar-refractivity contribution in [3.05, 3.63) is 36.1 Å². The quantitative estimate of drug-likeness (QED) is 0.354. The second-order valence-electron chi connectivity index (χ2n) is 3.83. The summed E-state index contributed by atoms with van der Waals surface area (Å²) in [6.45, 7) is 1.85. The zero-order valence-electron chi connectivity index (χ0n) is 10.2. The smallest absolute Gasteiger partial charge is 0.0851 e. The van der Waals surface area contributed by atoms with Crippen molar-refractivity contribution in [3.8, 4) is 0 Å². The molecule has 0 aliphatic carbocycles. The summed E-state index contributed by atoms with van der Waals surface area (Å²) in [7, 11) is 0. The van der Waals surface area contributed by atoms with Gasteiger partial charge in [0.1, 0.15) is 0 Å². The molecule has 0 saturated heterocycles. The van der Waals surface area contributed by atoms with Gasteiger partial charge in [-0.3, -0.25) is 0 Å². The third kappa shape index (κ3) is 13.0. The van der Waals surface area contributed by atoms with E-state index < -0.39 is 0 Å². The first-order valence-corrected chi connectivity index (χ1v) is 6.04. The van der Waals surface area contributed by atoms with E-state index in [2.05, 4.69) is 12.2 Å². The molecule has 0 bridgehead atoms. The monoisotopic (exact) mass is 224 g/mol. The maximum Gasteiger partial charge on any atom is 0.0851 e. The average molecular weight is 224 g/mol. The molecule has 0 amide bonds. The van der Waals surface area contributed by atoms with Crippen molar-refractivity contribution in [3.63, 3.8) is 0 Å². The molecule has 0 heterocycles.